The third kappa shape index (κ3) is 0.867. The van der Waals surface area contributed by atoms with E-state index in [1.165, 1.54) is 6.42 Å². The summed E-state index contributed by atoms with van der Waals surface area (Å²) in [7, 11) is 0. The Bertz CT molecular complexity index is 138. The highest BCUT2D eigenvalue weighted by atomic mass is 15.0. The van der Waals surface area contributed by atoms with Crippen LogP contribution >= 0.6 is 0 Å². The van der Waals surface area contributed by atoms with Gasteiger partial charge >= 0.3 is 0 Å². The van der Waals surface area contributed by atoms with Gasteiger partial charge in [-0.15, -0.1) is 0 Å². The summed E-state index contributed by atoms with van der Waals surface area (Å²) in [6.07, 6.45) is 2.13. The second kappa shape index (κ2) is 1.95. The van der Waals surface area contributed by atoms with Crippen LogP contribution in [0.25, 0.3) is 0 Å². The minimum Gasteiger partial charge on any atom is -0.313 e. The van der Waals surface area contributed by atoms with E-state index in [9.17, 15) is 0 Å². The fourth-order valence-electron chi connectivity index (χ4n) is 1.60. The van der Waals surface area contributed by atoms with E-state index in [-0.39, 0.29) is 5.41 Å². The summed E-state index contributed by atoms with van der Waals surface area (Å²) >= 11 is 0. The second-order valence-electron chi connectivity index (χ2n) is 4.20. The zero-order valence-corrected chi connectivity index (χ0v) is 7.15. The van der Waals surface area contributed by atoms with Crippen molar-refractivity contribution in [2.24, 2.45) is 22.8 Å². The number of hydrogen-bond donors (Lipinski definition) is 2. The van der Waals surface area contributed by atoms with Crippen molar-refractivity contribution in [1.29, 1.82) is 0 Å². The highest BCUT2D eigenvalue weighted by Gasteiger charge is 2.47. The third-order valence-corrected chi connectivity index (χ3v) is 3.42. The van der Waals surface area contributed by atoms with E-state index >= 15 is 0 Å². The molecule has 60 valence electrons. The minimum atomic E-state index is -0.438. The van der Waals surface area contributed by atoms with E-state index < -0.39 is 5.66 Å². The Hall–Kier alpha value is -0.0800. The van der Waals surface area contributed by atoms with Gasteiger partial charge in [0.05, 0.1) is 5.66 Å². The smallest absolute Gasteiger partial charge is 0.0691 e. The van der Waals surface area contributed by atoms with Crippen LogP contribution in [0.2, 0.25) is 0 Å². The Labute approximate surface area is 63.0 Å². The lowest BCUT2D eigenvalue weighted by molar-refractivity contribution is 0.165. The van der Waals surface area contributed by atoms with Crippen molar-refractivity contribution in [2.45, 2.75) is 39.3 Å². The molecule has 4 N–H and O–H groups in total. The zero-order valence-electron chi connectivity index (χ0n) is 7.15. The first-order chi connectivity index (χ1) is 4.38. The van der Waals surface area contributed by atoms with Crippen molar-refractivity contribution in [3.8, 4) is 0 Å². The molecule has 0 aromatic heterocycles. The van der Waals surface area contributed by atoms with E-state index in [1.807, 2.05) is 0 Å². The van der Waals surface area contributed by atoms with E-state index in [1.54, 1.807) is 0 Å². The fourth-order valence-corrected chi connectivity index (χ4v) is 1.60. The van der Waals surface area contributed by atoms with Gasteiger partial charge in [-0.1, -0.05) is 20.8 Å². The first-order valence-electron chi connectivity index (χ1n) is 3.96. The van der Waals surface area contributed by atoms with Crippen molar-refractivity contribution in [2.75, 3.05) is 0 Å². The lowest BCUT2D eigenvalue weighted by Gasteiger charge is -2.37. The van der Waals surface area contributed by atoms with Crippen LogP contribution in [0, 0.1) is 11.3 Å². The van der Waals surface area contributed by atoms with Crippen molar-refractivity contribution >= 4 is 0 Å². The van der Waals surface area contributed by atoms with Gasteiger partial charge in [-0.25, -0.2) is 0 Å². The van der Waals surface area contributed by atoms with Crippen LogP contribution in [0.5, 0.6) is 0 Å². The predicted molar refractivity (Wildman–Crippen MR) is 43.3 cm³/mol. The molecule has 1 rings (SSSR count). The Kier molecular flexibility index (Phi) is 1.57. The summed E-state index contributed by atoms with van der Waals surface area (Å²) in [5.41, 5.74) is 11.5. The molecule has 2 heteroatoms. The van der Waals surface area contributed by atoms with E-state index in [0.717, 1.165) is 6.42 Å². The van der Waals surface area contributed by atoms with Crippen molar-refractivity contribution < 1.29 is 0 Å². The van der Waals surface area contributed by atoms with Crippen LogP contribution in [-0.2, 0) is 0 Å². The number of rotatable bonds is 0. The molecule has 0 amide bonds. The van der Waals surface area contributed by atoms with Crippen molar-refractivity contribution in [3.63, 3.8) is 0 Å². The van der Waals surface area contributed by atoms with Crippen LogP contribution in [0.15, 0.2) is 0 Å². The topological polar surface area (TPSA) is 52.0 Å². The predicted octanol–water partition coefficient (Wildman–Crippen LogP) is 1.06. The quantitative estimate of drug-likeness (QED) is 0.497. The highest BCUT2D eigenvalue weighted by molar-refractivity contribution is 5.01. The molecule has 0 radical (unpaired) electrons. The average Bonchev–Trinajstić information content (AvgIpc) is 1.94. The molecule has 1 aliphatic rings. The highest BCUT2D eigenvalue weighted by Crippen LogP contribution is 2.45. The Morgan fingerprint density at radius 2 is 1.80 bits per heavy atom. The molecule has 1 fully saturated rings. The van der Waals surface area contributed by atoms with E-state index in [2.05, 4.69) is 20.8 Å². The lowest BCUT2D eigenvalue weighted by atomic mass is 9.77. The Balaban J connectivity index is 2.84. The fraction of sp³-hybridized carbons (Fsp3) is 1.00. The van der Waals surface area contributed by atoms with Gasteiger partial charge < -0.3 is 11.5 Å². The van der Waals surface area contributed by atoms with Gasteiger partial charge in [0.1, 0.15) is 0 Å². The van der Waals surface area contributed by atoms with Crippen LogP contribution in [0.1, 0.15) is 33.6 Å². The van der Waals surface area contributed by atoms with Gasteiger partial charge in [0.2, 0.25) is 0 Å². The van der Waals surface area contributed by atoms with Crippen molar-refractivity contribution in [1.82, 2.24) is 0 Å². The summed E-state index contributed by atoms with van der Waals surface area (Å²) in [6.45, 7) is 6.54. The van der Waals surface area contributed by atoms with E-state index in [0.29, 0.717) is 5.92 Å². The molecule has 1 aliphatic carbocycles. The molecular formula is C8H18N2. The molecule has 2 nitrogen and oxygen atoms in total. The lowest BCUT2D eigenvalue weighted by Crippen LogP contribution is -2.58. The van der Waals surface area contributed by atoms with Crippen LogP contribution < -0.4 is 11.5 Å². The summed E-state index contributed by atoms with van der Waals surface area (Å²) < 4.78 is 0. The van der Waals surface area contributed by atoms with Gasteiger partial charge in [0, 0.05) is 0 Å². The first-order valence-corrected chi connectivity index (χ1v) is 3.96. The summed E-state index contributed by atoms with van der Waals surface area (Å²) in [4.78, 5) is 0. The molecular weight excluding hydrogens is 124 g/mol. The summed E-state index contributed by atoms with van der Waals surface area (Å²) in [5, 5.41) is 0. The Morgan fingerprint density at radius 3 is 1.90 bits per heavy atom. The maximum atomic E-state index is 5.92. The third-order valence-electron chi connectivity index (χ3n) is 3.42. The number of hydrogen-bond acceptors (Lipinski definition) is 2. The van der Waals surface area contributed by atoms with Gasteiger partial charge in [-0.3, -0.25) is 0 Å². The van der Waals surface area contributed by atoms with Gasteiger partial charge in [0.15, 0.2) is 0 Å². The number of nitrogens with two attached hydrogens (primary N) is 2. The largest absolute Gasteiger partial charge is 0.313 e. The van der Waals surface area contributed by atoms with Gasteiger partial charge in [-0.2, -0.15) is 0 Å². The van der Waals surface area contributed by atoms with Gasteiger partial charge in [0.25, 0.3) is 0 Å². The Morgan fingerprint density at radius 1 is 1.30 bits per heavy atom. The summed E-state index contributed by atoms with van der Waals surface area (Å²) in [6, 6.07) is 0. The maximum Gasteiger partial charge on any atom is 0.0691 e. The monoisotopic (exact) mass is 142 g/mol. The molecule has 0 aliphatic heterocycles. The summed E-state index contributed by atoms with van der Waals surface area (Å²) in [5.74, 6) is 0.655. The molecule has 0 aromatic rings. The molecule has 1 atom stereocenters. The maximum absolute atomic E-state index is 5.92. The van der Waals surface area contributed by atoms with Crippen LogP contribution in [-0.4, -0.2) is 5.66 Å². The van der Waals surface area contributed by atoms with Crippen LogP contribution in [0.4, 0.5) is 0 Å². The average molecular weight is 142 g/mol. The molecule has 10 heavy (non-hydrogen) atoms. The standard InChI is InChI=1S/C8H18N2/c1-6-4-5-8(9,10)7(6,2)3/h6H,4-5,9-10H2,1-3H3. The first kappa shape index (κ1) is 8.02. The minimum absolute atomic E-state index is 0.104. The van der Waals surface area contributed by atoms with Gasteiger partial charge in [-0.05, 0) is 24.2 Å². The van der Waals surface area contributed by atoms with E-state index in [4.69, 9.17) is 11.5 Å². The molecule has 0 bridgehead atoms. The molecule has 1 unspecified atom stereocenters. The molecule has 0 saturated heterocycles. The second-order valence-corrected chi connectivity index (χ2v) is 4.20. The normalized spacial score (nSPS) is 36.3. The molecule has 0 aromatic carbocycles. The molecule has 1 saturated carbocycles. The van der Waals surface area contributed by atoms with Crippen molar-refractivity contribution in [3.05, 3.63) is 0 Å². The van der Waals surface area contributed by atoms with Crippen LogP contribution in [0.3, 0.4) is 0 Å². The molecule has 0 heterocycles. The molecule has 0 spiro atoms. The zero-order chi connectivity index (χ0) is 7.99. The SMILES string of the molecule is CC1CCC(N)(N)C1(C)C.